The van der Waals surface area contributed by atoms with Gasteiger partial charge in [0.2, 0.25) is 5.91 Å². The van der Waals surface area contributed by atoms with Crippen molar-refractivity contribution in [1.82, 2.24) is 20.0 Å². The molecule has 2 atom stereocenters. The average molecular weight is 373 g/mol. The van der Waals surface area contributed by atoms with Gasteiger partial charge in [-0.05, 0) is 77.4 Å². The number of amides is 1. The van der Waals surface area contributed by atoms with Crippen molar-refractivity contribution in [3.63, 3.8) is 0 Å². The van der Waals surface area contributed by atoms with Crippen molar-refractivity contribution in [3.05, 3.63) is 29.1 Å². The molecule has 3 heterocycles. The Morgan fingerprint density at radius 1 is 1.22 bits per heavy atom. The molecule has 2 saturated heterocycles. The van der Waals surface area contributed by atoms with Crippen LogP contribution in [-0.4, -0.2) is 46.3 Å². The highest BCUT2D eigenvalue weighted by atomic mass is 16.1. The Kier molecular flexibility index (Phi) is 6.74. The molecule has 5 heteroatoms. The highest BCUT2D eigenvalue weighted by Crippen LogP contribution is 2.30. The van der Waals surface area contributed by atoms with Gasteiger partial charge in [-0.3, -0.25) is 9.48 Å². The second-order valence-corrected chi connectivity index (χ2v) is 8.57. The number of aryl methyl sites for hydroxylation is 1. The highest BCUT2D eigenvalue weighted by molar-refractivity contribution is 5.76. The summed E-state index contributed by atoms with van der Waals surface area (Å²) in [7, 11) is 0. The first-order valence-corrected chi connectivity index (χ1v) is 10.6. The second kappa shape index (κ2) is 9.05. The molecular formula is C22H36N4O. The summed E-state index contributed by atoms with van der Waals surface area (Å²) in [5.41, 5.74) is 4.50. The van der Waals surface area contributed by atoms with Crippen molar-refractivity contribution in [2.45, 2.75) is 78.3 Å². The minimum absolute atomic E-state index is 0.175. The average Bonchev–Trinajstić information content (AvgIpc) is 2.90. The summed E-state index contributed by atoms with van der Waals surface area (Å²) in [6.07, 6.45) is 7.83. The van der Waals surface area contributed by atoms with E-state index in [0.29, 0.717) is 18.4 Å². The van der Waals surface area contributed by atoms with Crippen LogP contribution in [0.5, 0.6) is 0 Å². The van der Waals surface area contributed by atoms with E-state index in [4.69, 9.17) is 0 Å². The lowest BCUT2D eigenvalue weighted by Crippen LogP contribution is -2.51. The topological polar surface area (TPSA) is 50.2 Å². The van der Waals surface area contributed by atoms with E-state index in [1.54, 1.807) is 0 Å². The SMILES string of the molecule is C=C(C)Cn1nc(C)c(CCC(=O)NC[C@H]2CCCN3CCCC[C@@H]23)c1C. The summed E-state index contributed by atoms with van der Waals surface area (Å²) in [4.78, 5) is 15.1. The molecule has 150 valence electrons. The van der Waals surface area contributed by atoms with E-state index in [0.717, 1.165) is 36.5 Å². The number of fused-ring (bicyclic) bond motifs is 1. The number of piperidine rings is 2. The van der Waals surface area contributed by atoms with Crippen molar-refractivity contribution in [1.29, 1.82) is 0 Å². The fourth-order valence-electron chi connectivity index (χ4n) is 4.89. The molecule has 1 aromatic rings. The van der Waals surface area contributed by atoms with Gasteiger partial charge in [-0.1, -0.05) is 18.6 Å². The monoisotopic (exact) mass is 372 g/mol. The smallest absolute Gasteiger partial charge is 0.220 e. The van der Waals surface area contributed by atoms with E-state index < -0.39 is 0 Å². The first kappa shape index (κ1) is 20.1. The van der Waals surface area contributed by atoms with E-state index in [9.17, 15) is 4.79 Å². The molecule has 1 aromatic heterocycles. The van der Waals surface area contributed by atoms with Crippen LogP contribution in [-0.2, 0) is 17.8 Å². The van der Waals surface area contributed by atoms with Gasteiger partial charge < -0.3 is 10.2 Å². The Balaban J connectivity index is 1.48. The minimum Gasteiger partial charge on any atom is -0.356 e. The fourth-order valence-corrected chi connectivity index (χ4v) is 4.89. The molecular weight excluding hydrogens is 336 g/mol. The molecule has 3 rings (SSSR count). The molecule has 0 aromatic carbocycles. The molecule has 5 nitrogen and oxygen atoms in total. The van der Waals surface area contributed by atoms with E-state index in [1.807, 2.05) is 18.5 Å². The van der Waals surface area contributed by atoms with Crippen LogP contribution in [0, 0.1) is 19.8 Å². The zero-order valence-electron chi connectivity index (χ0n) is 17.4. The zero-order valence-corrected chi connectivity index (χ0v) is 17.4. The molecule has 0 radical (unpaired) electrons. The van der Waals surface area contributed by atoms with Crippen molar-refractivity contribution < 1.29 is 4.79 Å². The van der Waals surface area contributed by atoms with Crippen LogP contribution < -0.4 is 5.32 Å². The third-order valence-corrected chi connectivity index (χ3v) is 6.34. The summed E-state index contributed by atoms with van der Waals surface area (Å²) < 4.78 is 2.00. The van der Waals surface area contributed by atoms with Gasteiger partial charge in [-0.25, -0.2) is 0 Å². The van der Waals surface area contributed by atoms with Crippen molar-refractivity contribution in [3.8, 4) is 0 Å². The van der Waals surface area contributed by atoms with Crippen LogP contribution in [0.25, 0.3) is 0 Å². The molecule has 2 aliphatic heterocycles. The quantitative estimate of drug-likeness (QED) is 0.747. The third-order valence-electron chi connectivity index (χ3n) is 6.34. The molecule has 2 aliphatic rings. The first-order chi connectivity index (χ1) is 13.0. The number of nitrogens with zero attached hydrogens (tertiary/aromatic N) is 3. The van der Waals surface area contributed by atoms with Gasteiger partial charge in [0.05, 0.1) is 12.2 Å². The lowest BCUT2D eigenvalue weighted by Gasteiger charge is -2.44. The van der Waals surface area contributed by atoms with Gasteiger partial charge in [-0.15, -0.1) is 0 Å². The molecule has 0 saturated carbocycles. The molecule has 0 bridgehead atoms. The number of nitrogens with one attached hydrogen (secondary N) is 1. The van der Waals surface area contributed by atoms with Gasteiger partial charge in [0, 0.05) is 24.7 Å². The number of carbonyl (C=O) groups excluding carboxylic acids is 1. The number of hydrogen-bond acceptors (Lipinski definition) is 3. The molecule has 27 heavy (non-hydrogen) atoms. The Bertz CT molecular complexity index is 676. The Morgan fingerprint density at radius 2 is 2.00 bits per heavy atom. The highest BCUT2D eigenvalue weighted by Gasteiger charge is 2.32. The van der Waals surface area contributed by atoms with Crippen LogP contribution in [0.2, 0.25) is 0 Å². The maximum absolute atomic E-state index is 12.5. The van der Waals surface area contributed by atoms with Gasteiger partial charge in [0.25, 0.3) is 0 Å². The first-order valence-electron chi connectivity index (χ1n) is 10.6. The molecule has 2 fully saturated rings. The normalized spacial score (nSPS) is 23.1. The van der Waals surface area contributed by atoms with E-state index >= 15 is 0 Å². The Hall–Kier alpha value is -1.62. The number of rotatable bonds is 7. The van der Waals surface area contributed by atoms with Gasteiger partial charge in [0.1, 0.15) is 0 Å². The summed E-state index contributed by atoms with van der Waals surface area (Å²) in [5, 5.41) is 7.84. The maximum atomic E-state index is 12.5. The van der Waals surface area contributed by atoms with Gasteiger partial charge >= 0.3 is 0 Å². The lowest BCUT2D eigenvalue weighted by molar-refractivity contribution is -0.121. The predicted molar refractivity (Wildman–Crippen MR) is 110 cm³/mol. The summed E-state index contributed by atoms with van der Waals surface area (Å²) in [5.74, 6) is 0.805. The van der Waals surface area contributed by atoms with Crippen molar-refractivity contribution in [2.24, 2.45) is 5.92 Å². The largest absolute Gasteiger partial charge is 0.356 e. The zero-order chi connectivity index (χ0) is 19.4. The minimum atomic E-state index is 0.175. The lowest BCUT2D eigenvalue weighted by atomic mass is 9.83. The number of hydrogen-bond donors (Lipinski definition) is 1. The van der Waals surface area contributed by atoms with Crippen molar-refractivity contribution in [2.75, 3.05) is 19.6 Å². The standard InChI is InChI=1S/C22H36N4O/c1-16(2)15-26-18(4)20(17(3)24-26)10-11-22(27)23-14-19-8-7-13-25-12-6-5-9-21(19)25/h19,21H,1,5-15H2,2-4H3,(H,23,27)/t19-,21+/m1/s1. The number of allylic oxidation sites excluding steroid dienone is 1. The summed E-state index contributed by atoms with van der Waals surface area (Å²) >= 11 is 0. The Morgan fingerprint density at radius 3 is 2.78 bits per heavy atom. The summed E-state index contributed by atoms with van der Waals surface area (Å²) in [6, 6.07) is 0.692. The van der Waals surface area contributed by atoms with Gasteiger partial charge in [0.15, 0.2) is 0 Å². The number of carbonyl (C=O) groups is 1. The van der Waals surface area contributed by atoms with Crippen LogP contribution >= 0.6 is 0 Å². The fraction of sp³-hybridized carbons (Fsp3) is 0.727. The van der Waals surface area contributed by atoms with E-state index in [2.05, 4.69) is 28.8 Å². The Labute approximate surface area is 164 Å². The van der Waals surface area contributed by atoms with Crippen LogP contribution in [0.15, 0.2) is 12.2 Å². The molecule has 1 amide bonds. The molecule has 0 spiro atoms. The predicted octanol–water partition coefficient (Wildman–Crippen LogP) is 3.39. The van der Waals surface area contributed by atoms with Crippen LogP contribution in [0.4, 0.5) is 0 Å². The molecule has 0 unspecified atom stereocenters. The molecule has 0 aliphatic carbocycles. The molecule has 1 N–H and O–H groups in total. The van der Waals surface area contributed by atoms with Crippen molar-refractivity contribution >= 4 is 5.91 Å². The van der Waals surface area contributed by atoms with E-state index in [-0.39, 0.29) is 5.91 Å². The number of aromatic nitrogens is 2. The second-order valence-electron chi connectivity index (χ2n) is 8.57. The van der Waals surface area contributed by atoms with E-state index in [1.165, 1.54) is 50.8 Å². The van der Waals surface area contributed by atoms with Crippen LogP contribution in [0.1, 0.15) is 62.4 Å². The third kappa shape index (κ3) is 5.01. The van der Waals surface area contributed by atoms with Gasteiger partial charge in [-0.2, -0.15) is 5.10 Å². The summed E-state index contributed by atoms with van der Waals surface area (Å²) in [6.45, 7) is 14.2. The maximum Gasteiger partial charge on any atom is 0.220 e. The van der Waals surface area contributed by atoms with Crippen LogP contribution in [0.3, 0.4) is 0 Å².